The van der Waals surface area contributed by atoms with Gasteiger partial charge in [0.25, 0.3) is 11.4 Å². The van der Waals surface area contributed by atoms with E-state index in [1.165, 1.54) is 44.2 Å². The van der Waals surface area contributed by atoms with Gasteiger partial charge in [0, 0.05) is 19.2 Å². The summed E-state index contributed by atoms with van der Waals surface area (Å²) in [5.41, 5.74) is -0.509. The van der Waals surface area contributed by atoms with Crippen LogP contribution >= 0.6 is 0 Å². The highest BCUT2D eigenvalue weighted by molar-refractivity contribution is 5.65. The predicted octanol–water partition coefficient (Wildman–Crippen LogP) is 4.41. The second kappa shape index (κ2) is 30.2. The van der Waals surface area contributed by atoms with Crippen molar-refractivity contribution >= 4 is 17.1 Å². The normalized spacial score (nSPS) is 11.2. The number of unbranched alkanes of at least 4 members (excludes halogenated alkanes) is 5. The lowest BCUT2D eigenvalue weighted by molar-refractivity contribution is -0.393. The Hall–Kier alpha value is -2.50. The van der Waals surface area contributed by atoms with Gasteiger partial charge in [0.15, 0.2) is 0 Å². The van der Waals surface area contributed by atoms with Crippen molar-refractivity contribution < 1.29 is 47.7 Å². The highest BCUT2D eigenvalue weighted by Crippen LogP contribution is 2.28. The van der Waals surface area contributed by atoms with Gasteiger partial charge in [0.05, 0.1) is 115 Å². The first-order valence-electron chi connectivity index (χ1n) is 15.8. The van der Waals surface area contributed by atoms with Crippen LogP contribution in [0.1, 0.15) is 45.4 Å². The SMILES string of the molecule is CCCCCCCCOCCOCCOCCOCCOCCOCCOCCOCCNc1ccc([N+](=O)[O-])cc1[N+](=O)[O-]. The van der Waals surface area contributed by atoms with Gasteiger partial charge in [-0.3, -0.25) is 20.2 Å². The standard InChI is InChI=1S/C30H53N3O12/c1-2-3-4-5-6-7-11-38-13-15-40-17-19-42-21-23-44-25-26-45-24-22-43-20-18-41-16-14-39-12-10-31-29-9-8-28(32(34)35)27-30(29)33(36)37/h8-9,27,31H,2-7,10-26H2,1H3. The summed E-state index contributed by atoms with van der Waals surface area (Å²) in [6.45, 7) is 10.4. The van der Waals surface area contributed by atoms with E-state index in [9.17, 15) is 20.2 Å². The maximum Gasteiger partial charge on any atom is 0.299 e. The number of non-ortho nitro benzene ring substituents is 1. The third-order valence-electron chi connectivity index (χ3n) is 6.20. The molecule has 0 aliphatic carbocycles. The number of anilines is 1. The molecule has 0 heterocycles. The molecule has 0 saturated carbocycles. The van der Waals surface area contributed by atoms with Crippen LogP contribution in [0.3, 0.4) is 0 Å². The summed E-state index contributed by atoms with van der Waals surface area (Å²) in [6.07, 6.45) is 7.60. The van der Waals surface area contributed by atoms with E-state index in [0.717, 1.165) is 19.1 Å². The first-order valence-corrected chi connectivity index (χ1v) is 15.8. The van der Waals surface area contributed by atoms with Crippen LogP contribution in [0.4, 0.5) is 17.1 Å². The van der Waals surface area contributed by atoms with Crippen LogP contribution < -0.4 is 5.32 Å². The Morgan fingerprint density at radius 1 is 0.533 bits per heavy atom. The molecule has 1 rings (SSSR count). The summed E-state index contributed by atoms with van der Waals surface area (Å²) in [5, 5.41) is 24.8. The van der Waals surface area contributed by atoms with Gasteiger partial charge in [0.1, 0.15) is 5.69 Å². The molecule has 1 aromatic carbocycles. The van der Waals surface area contributed by atoms with Crippen LogP contribution in [-0.2, 0) is 37.9 Å². The molecule has 0 aromatic heterocycles. The van der Waals surface area contributed by atoms with Gasteiger partial charge in [-0.15, -0.1) is 0 Å². The topological polar surface area (TPSA) is 172 Å². The first kappa shape index (κ1) is 40.5. The smallest absolute Gasteiger partial charge is 0.299 e. The predicted molar refractivity (Wildman–Crippen MR) is 168 cm³/mol. The Morgan fingerprint density at radius 3 is 1.36 bits per heavy atom. The lowest BCUT2D eigenvalue weighted by Gasteiger charge is -2.09. The van der Waals surface area contributed by atoms with E-state index in [0.29, 0.717) is 99.0 Å². The van der Waals surface area contributed by atoms with E-state index in [4.69, 9.17) is 37.9 Å². The van der Waals surface area contributed by atoms with Crippen molar-refractivity contribution in [3.8, 4) is 0 Å². The second-order valence-electron chi connectivity index (χ2n) is 9.81. The summed E-state index contributed by atoms with van der Waals surface area (Å²) >= 11 is 0. The fourth-order valence-electron chi connectivity index (χ4n) is 3.82. The molecule has 1 N–H and O–H groups in total. The van der Waals surface area contributed by atoms with Crippen molar-refractivity contribution in [1.82, 2.24) is 0 Å². The van der Waals surface area contributed by atoms with Crippen molar-refractivity contribution in [2.45, 2.75) is 45.4 Å². The van der Waals surface area contributed by atoms with Crippen molar-refractivity contribution in [2.75, 3.05) is 118 Å². The van der Waals surface area contributed by atoms with E-state index in [2.05, 4.69) is 12.2 Å². The van der Waals surface area contributed by atoms with Gasteiger partial charge in [-0.25, -0.2) is 0 Å². The van der Waals surface area contributed by atoms with Crippen LogP contribution in [0, 0.1) is 20.2 Å². The molecule has 260 valence electrons. The first-order chi connectivity index (χ1) is 22.1. The summed E-state index contributed by atoms with van der Waals surface area (Å²) < 4.78 is 43.7. The highest BCUT2D eigenvalue weighted by Gasteiger charge is 2.19. The number of rotatable bonds is 34. The average molecular weight is 648 g/mol. The minimum Gasteiger partial charge on any atom is -0.379 e. The lowest BCUT2D eigenvalue weighted by atomic mass is 10.1. The number of nitro groups is 2. The van der Waals surface area contributed by atoms with E-state index in [1.807, 2.05) is 0 Å². The van der Waals surface area contributed by atoms with Crippen LogP contribution in [0.2, 0.25) is 0 Å². The van der Waals surface area contributed by atoms with E-state index >= 15 is 0 Å². The van der Waals surface area contributed by atoms with E-state index < -0.39 is 9.85 Å². The highest BCUT2D eigenvalue weighted by atomic mass is 16.6. The molecule has 15 nitrogen and oxygen atoms in total. The van der Waals surface area contributed by atoms with Gasteiger partial charge in [-0.1, -0.05) is 39.0 Å². The maximum atomic E-state index is 11.1. The molecule has 0 unspecified atom stereocenters. The zero-order valence-electron chi connectivity index (χ0n) is 26.8. The quantitative estimate of drug-likeness (QED) is 0.0634. The van der Waals surface area contributed by atoms with Crippen LogP contribution in [0.5, 0.6) is 0 Å². The summed E-state index contributed by atoms with van der Waals surface area (Å²) in [5.74, 6) is 0. The number of nitrogens with zero attached hydrogens (tertiary/aromatic N) is 2. The van der Waals surface area contributed by atoms with Gasteiger partial charge in [0.2, 0.25) is 0 Å². The Kier molecular flexibility index (Phi) is 27.2. The van der Waals surface area contributed by atoms with Gasteiger partial charge < -0.3 is 43.2 Å². The van der Waals surface area contributed by atoms with Gasteiger partial charge in [-0.05, 0) is 12.5 Å². The Balaban J connectivity index is 1.75. The van der Waals surface area contributed by atoms with Crippen molar-refractivity contribution in [3.05, 3.63) is 38.4 Å². The van der Waals surface area contributed by atoms with Gasteiger partial charge >= 0.3 is 0 Å². The summed E-state index contributed by atoms with van der Waals surface area (Å²) in [6, 6.07) is 3.44. The zero-order valence-corrected chi connectivity index (χ0v) is 26.8. The number of hydrogen-bond acceptors (Lipinski definition) is 13. The molecule has 0 bridgehead atoms. The third kappa shape index (κ3) is 24.4. The molecule has 1 aromatic rings. The average Bonchev–Trinajstić information content (AvgIpc) is 3.03. The zero-order chi connectivity index (χ0) is 32.6. The minimum atomic E-state index is -0.677. The van der Waals surface area contributed by atoms with Crippen LogP contribution in [0.25, 0.3) is 0 Å². The minimum absolute atomic E-state index is 0.192. The fraction of sp³-hybridized carbons (Fsp3) is 0.800. The molecule has 0 amide bonds. The van der Waals surface area contributed by atoms with Crippen molar-refractivity contribution in [1.29, 1.82) is 0 Å². The van der Waals surface area contributed by atoms with E-state index in [-0.39, 0.29) is 23.7 Å². The molecule has 0 fully saturated rings. The summed E-state index contributed by atoms with van der Waals surface area (Å²) in [4.78, 5) is 20.6. The fourth-order valence-corrected chi connectivity index (χ4v) is 3.82. The Bertz CT molecular complexity index is 865. The summed E-state index contributed by atoms with van der Waals surface area (Å²) in [7, 11) is 0. The molecule has 0 spiro atoms. The molecule has 0 atom stereocenters. The van der Waals surface area contributed by atoms with E-state index in [1.54, 1.807) is 0 Å². The Morgan fingerprint density at radius 2 is 0.933 bits per heavy atom. The largest absolute Gasteiger partial charge is 0.379 e. The molecular formula is C30H53N3O12. The maximum absolute atomic E-state index is 11.1. The molecule has 45 heavy (non-hydrogen) atoms. The van der Waals surface area contributed by atoms with Gasteiger partial charge in [-0.2, -0.15) is 0 Å². The molecule has 0 aliphatic heterocycles. The molecule has 0 saturated heterocycles. The van der Waals surface area contributed by atoms with Crippen molar-refractivity contribution in [3.63, 3.8) is 0 Å². The van der Waals surface area contributed by atoms with Crippen molar-refractivity contribution in [2.24, 2.45) is 0 Å². The van der Waals surface area contributed by atoms with Crippen LogP contribution in [-0.4, -0.2) is 122 Å². The monoisotopic (exact) mass is 647 g/mol. The molecule has 15 heteroatoms. The number of nitrogens with one attached hydrogen (secondary N) is 1. The number of hydrogen-bond donors (Lipinski definition) is 1. The van der Waals surface area contributed by atoms with Crippen LogP contribution in [0.15, 0.2) is 18.2 Å². The number of ether oxygens (including phenoxy) is 8. The Labute approximate surface area is 266 Å². The molecule has 0 aliphatic rings. The number of nitro benzene ring substituents is 2. The molecule has 0 radical (unpaired) electrons. The lowest BCUT2D eigenvalue weighted by Crippen LogP contribution is -2.15. The second-order valence-corrected chi connectivity index (χ2v) is 9.81. The molecular weight excluding hydrogens is 594 g/mol. The third-order valence-corrected chi connectivity index (χ3v) is 6.20. The number of benzene rings is 1.